The predicted octanol–water partition coefficient (Wildman–Crippen LogP) is 2.12. The highest BCUT2D eigenvalue weighted by Gasteiger charge is 2.12. The summed E-state index contributed by atoms with van der Waals surface area (Å²) >= 11 is 1.35. The van der Waals surface area contributed by atoms with Gasteiger partial charge in [0.1, 0.15) is 10.6 Å². The molecule has 0 atom stereocenters. The maximum absolute atomic E-state index is 11.7. The van der Waals surface area contributed by atoms with Crippen molar-refractivity contribution >= 4 is 23.5 Å². The van der Waals surface area contributed by atoms with Gasteiger partial charge in [-0.05, 0) is 26.0 Å². The molecule has 0 unspecified atom stereocenters. The molecular formula is C11H11N3O2S. The molecule has 2 aromatic rings. The van der Waals surface area contributed by atoms with Gasteiger partial charge in [-0.3, -0.25) is 4.79 Å². The summed E-state index contributed by atoms with van der Waals surface area (Å²) in [6.45, 7) is 3.66. The molecule has 0 bridgehead atoms. The van der Waals surface area contributed by atoms with E-state index in [4.69, 9.17) is 4.42 Å². The molecule has 2 aromatic heterocycles. The monoisotopic (exact) mass is 249 g/mol. The van der Waals surface area contributed by atoms with E-state index in [9.17, 15) is 4.79 Å². The molecule has 0 aromatic carbocycles. The molecule has 0 aliphatic heterocycles. The quantitative estimate of drug-likeness (QED) is 0.669. The number of aromatic nitrogens is 1. The molecule has 0 spiro atoms. The Bertz CT molecular complexity index is 543. The lowest BCUT2D eigenvalue weighted by Crippen LogP contribution is -2.17. The molecular weight excluding hydrogens is 238 g/mol. The molecule has 1 amide bonds. The third-order valence-corrected chi connectivity index (χ3v) is 3.08. The highest BCUT2D eigenvalue weighted by Crippen LogP contribution is 2.16. The van der Waals surface area contributed by atoms with E-state index in [1.54, 1.807) is 25.3 Å². The van der Waals surface area contributed by atoms with Crippen LogP contribution >= 0.6 is 11.3 Å². The number of furan rings is 1. The highest BCUT2D eigenvalue weighted by atomic mass is 32.1. The van der Waals surface area contributed by atoms with Crippen LogP contribution in [0.1, 0.15) is 26.1 Å². The topological polar surface area (TPSA) is 67.5 Å². The first kappa shape index (κ1) is 11.5. The van der Waals surface area contributed by atoms with Crippen molar-refractivity contribution in [1.29, 1.82) is 0 Å². The lowest BCUT2D eigenvalue weighted by molar-refractivity contribution is 0.0958. The average molecular weight is 249 g/mol. The number of carbonyl (C=O) groups excluding carboxylic acids is 1. The summed E-state index contributed by atoms with van der Waals surface area (Å²) in [4.78, 5) is 16.5. The number of hydrogen-bond acceptors (Lipinski definition) is 5. The van der Waals surface area contributed by atoms with E-state index in [1.165, 1.54) is 17.6 Å². The van der Waals surface area contributed by atoms with Crippen molar-refractivity contribution in [3.05, 3.63) is 39.7 Å². The Hall–Kier alpha value is -1.95. The maximum Gasteiger partial charge on any atom is 0.283 e. The number of hydrazone groups is 1. The summed E-state index contributed by atoms with van der Waals surface area (Å²) in [6.07, 6.45) is 2.99. The lowest BCUT2D eigenvalue weighted by Gasteiger charge is -1.95. The van der Waals surface area contributed by atoms with Crippen LogP contribution in [-0.2, 0) is 0 Å². The molecule has 0 aliphatic rings. The Balaban J connectivity index is 2.00. The molecule has 1 N–H and O–H groups in total. The van der Waals surface area contributed by atoms with E-state index in [0.29, 0.717) is 10.6 Å². The molecule has 5 nitrogen and oxygen atoms in total. The first-order valence-corrected chi connectivity index (χ1v) is 5.79. The molecule has 0 saturated heterocycles. The smallest absolute Gasteiger partial charge is 0.283 e. The van der Waals surface area contributed by atoms with Crippen LogP contribution in [-0.4, -0.2) is 17.1 Å². The second-order valence-corrected chi connectivity index (χ2v) is 4.57. The molecule has 6 heteroatoms. The van der Waals surface area contributed by atoms with Crippen molar-refractivity contribution in [2.45, 2.75) is 13.8 Å². The Morgan fingerprint density at radius 3 is 3.00 bits per heavy atom. The van der Waals surface area contributed by atoms with Gasteiger partial charge in [-0.2, -0.15) is 5.10 Å². The van der Waals surface area contributed by atoms with Gasteiger partial charge in [0, 0.05) is 0 Å². The van der Waals surface area contributed by atoms with Crippen molar-refractivity contribution < 1.29 is 9.21 Å². The van der Waals surface area contributed by atoms with Gasteiger partial charge in [-0.1, -0.05) is 0 Å². The summed E-state index contributed by atoms with van der Waals surface area (Å²) in [5, 5.41) is 4.66. The van der Waals surface area contributed by atoms with E-state index in [-0.39, 0.29) is 5.91 Å². The van der Waals surface area contributed by atoms with Gasteiger partial charge >= 0.3 is 0 Å². The molecule has 0 aliphatic carbocycles. The zero-order chi connectivity index (χ0) is 12.3. The largest absolute Gasteiger partial charge is 0.463 e. The van der Waals surface area contributed by atoms with Crippen LogP contribution in [0.2, 0.25) is 0 Å². The number of thiazole rings is 1. The Labute approximate surface area is 102 Å². The average Bonchev–Trinajstić information content (AvgIpc) is 2.88. The van der Waals surface area contributed by atoms with Gasteiger partial charge < -0.3 is 4.42 Å². The van der Waals surface area contributed by atoms with Gasteiger partial charge in [0.2, 0.25) is 0 Å². The lowest BCUT2D eigenvalue weighted by atomic mass is 10.4. The fraction of sp³-hybridized carbons (Fsp3) is 0.182. The maximum atomic E-state index is 11.7. The van der Waals surface area contributed by atoms with Crippen LogP contribution in [0.5, 0.6) is 0 Å². The number of amides is 1. The summed E-state index contributed by atoms with van der Waals surface area (Å²) < 4.78 is 5.04. The van der Waals surface area contributed by atoms with Crippen LogP contribution in [0.3, 0.4) is 0 Å². The van der Waals surface area contributed by atoms with E-state index in [2.05, 4.69) is 15.5 Å². The van der Waals surface area contributed by atoms with Crippen molar-refractivity contribution in [2.75, 3.05) is 0 Å². The number of aryl methyl sites for hydroxylation is 2. The van der Waals surface area contributed by atoms with Crippen LogP contribution in [0.15, 0.2) is 27.9 Å². The van der Waals surface area contributed by atoms with Crippen LogP contribution in [0.25, 0.3) is 0 Å². The first-order valence-electron chi connectivity index (χ1n) is 4.98. The van der Waals surface area contributed by atoms with Crippen molar-refractivity contribution in [2.24, 2.45) is 5.10 Å². The SMILES string of the molecule is Cc1nc(C)c(C(=O)N/N=C/c2ccco2)s1. The third-order valence-electron chi connectivity index (χ3n) is 2.01. The van der Waals surface area contributed by atoms with E-state index in [0.717, 1.165) is 10.7 Å². The standard InChI is InChI=1S/C11H11N3O2S/c1-7-10(17-8(2)13-7)11(15)14-12-6-9-4-3-5-16-9/h3-6H,1-2H3,(H,14,15)/b12-6+. The molecule has 0 saturated carbocycles. The highest BCUT2D eigenvalue weighted by molar-refractivity contribution is 7.13. The number of hydrogen-bond donors (Lipinski definition) is 1. The Morgan fingerprint density at radius 1 is 1.59 bits per heavy atom. The molecule has 17 heavy (non-hydrogen) atoms. The minimum Gasteiger partial charge on any atom is -0.463 e. The van der Waals surface area contributed by atoms with Crippen molar-refractivity contribution in [3.8, 4) is 0 Å². The van der Waals surface area contributed by atoms with Crippen LogP contribution in [0.4, 0.5) is 0 Å². The second-order valence-electron chi connectivity index (χ2n) is 3.36. The minimum atomic E-state index is -0.254. The first-order chi connectivity index (χ1) is 8.16. The predicted molar refractivity (Wildman–Crippen MR) is 65.4 cm³/mol. The summed E-state index contributed by atoms with van der Waals surface area (Å²) in [5.41, 5.74) is 3.15. The number of nitrogens with zero attached hydrogens (tertiary/aromatic N) is 2. The molecule has 2 rings (SSSR count). The van der Waals surface area contributed by atoms with Gasteiger partial charge in [-0.25, -0.2) is 10.4 Å². The zero-order valence-electron chi connectivity index (χ0n) is 9.43. The van der Waals surface area contributed by atoms with Crippen molar-refractivity contribution in [1.82, 2.24) is 10.4 Å². The zero-order valence-corrected chi connectivity index (χ0v) is 10.2. The normalized spacial score (nSPS) is 10.9. The Morgan fingerprint density at radius 2 is 2.41 bits per heavy atom. The van der Waals surface area contributed by atoms with Crippen LogP contribution < -0.4 is 5.43 Å². The molecule has 0 fully saturated rings. The van der Waals surface area contributed by atoms with Gasteiger partial charge in [0.15, 0.2) is 0 Å². The summed E-state index contributed by atoms with van der Waals surface area (Å²) in [5.74, 6) is 0.332. The fourth-order valence-corrected chi connectivity index (χ4v) is 2.12. The van der Waals surface area contributed by atoms with Crippen LogP contribution in [0, 0.1) is 13.8 Å². The van der Waals surface area contributed by atoms with E-state index < -0.39 is 0 Å². The van der Waals surface area contributed by atoms with E-state index >= 15 is 0 Å². The third kappa shape index (κ3) is 2.79. The van der Waals surface area contributed by atoms with Gasteiger partial charge in [0.25, 0.3) is 5.91 Å². The number of rotatable bonds is 3. The van der Waals surface area contributed by atoms with Gasteiger partial charge in [-0.15, -0.1) is 11.3 Å². The Kier molecular flexibility index (Phi) is 3.34. The van der Waals surface area contributed by atoms with Gasteiger partial charge in [0.05, 0.1) is 23.2 Å². The molecule has 88 valence electrons. The summed E-state index contributed by atoms with van der Waals surface area (Å²) in [6, 6.07) is 3.50. The fourth-order valence-electron chi connectivity index (χ4n) is 1.31. The number of carbonyl (C=O) groups is 1. The number of nitrogens with one attached hydrogen (secondary N) is 1. The van der Waals surface area contributed by atoms with E-state index in [1.807, 2.05) is 6.92 Å². The molecule has 2 heterocycles. The second kappa shape index (κ2) is 4.92. The van der Waals surface area contributed by atoms with Crippen molar-refractivity contribution in [3.63, 3.8) is 0 Å². The molecule has 0 radical (unpaired) electrons. The minimum absolute atomic E-state index is 0.254. The summed E-state index contributed by atoms with van der Waals surface area (Å²) in [7, 11) is 0.